The maximum atomic E-state index is 14.7. The number of hydrogen-bond acceptors (Lipinski definition) is 6. The molecule has 0 aromatic heterocycles. The SMILES string of the molecule is C[C@]12CC[C@H]3[C@]4(C=C[C@@]5(C=C4C(=O)c4cccc(C(F)(F)F)c4)CC(O)CC[C@]35C)[C@@H]1CC[C@@]2(O)CN(Cc1ccccc1)C[C@H](O)CO. The first-order chi connectivity index (χ1) is 23.1. The Morgan fingerprint density at radius 2 is 1.65 bits per heavy atom. The van der Waals surface area contributed by atoms with Gasteiger partial charge in [0.05, 0.1) is 30.0 Å². The van der Waals surface area contributed by atoms with Gasteiger partial charge in [0.1, 0.15) is 0 Å². The smallest absolute Gasteiger partial charge is 0.394 e. The molecule has 1 unspecified atom stereocenters. The number of ketones is 1. The van der Waals surface area contributed by atoms with Crippen molar-refractivity contribution in [2.45, 2.75) is 89.3 Å². The number of aliphatic hydroxyl groups excluding tert-OH is 3. The quantitative estimate of drug-likeness (QED) is 0.183. The van der Waals surface area contributed by atoms with E-state index in [1.54, 1.807) is 0 Å². The highest BCUT2D eigenvalue weighted by molar-refractivity contribution is 6.10. The Hall–Kier alpha value is -2.82. The highest BCUT2D eigenvalue weighted by Gasteiger charge is 2.74. The zero-order valence-corrected chi connectivity index (χ0v) is 28.3. The molecule has 3 saturated carbocycles. The predicted octanol–water partition coefficient (Wildman–Crippen LogP) is 6.33. The molecule has 3 fully saturated rings. The first kappa shape index (κ1) is 34.6. The largest absolute Gasteiger partial charge is 0.416 e. The molecular weight excluding hydrogens is 631 g/mol. The van der Waals surface area contributed by atoms with Crippen LogP contribution in [0.1, 0.15) is 80.3 Å². The monoisotopic (exact) mass is 679 g/mol. The Labute approximate surface area is 286 Å². The van der Waals surface area contributed by atoms with Gasteiger partial charge in [0.2, 0.25) is 0 Å². The van der Waals surface area contributed by atoms with Gasteiger partial charge in [-0.05, 0) is 79.9 Å². The van der Waals surface area contributed by atoms with E-state index < -0.39 is 58.2 Å². The van der Waals surface area contributed by atoms with Gasteiger partial charge in [0, 0.05) is 47.0 Å². The summed E-state index contributed by atoms with van der Waals surface area (Å²) in [5.74, 6) is -0.591. The van der Waals surface area contributed by atoms with E-state index in [0.29, 0.717) is 44.2 Å². The van der Waals surface area contributed by atoms with Crippen molar-refractivity contribution in [3.8, 4) is 0 Å². The second kappa shape index (κ2) is 11.9. The average molecular weight is 680 g/mol. The molecule has 8 rings (SSSR count). The Kier molecular flexibility index (Phi) is 8.39. The number of carbonyl (C=O) groups excluding carboxylic acids is 1. The Balaban J connectivity index is 1.31. The highest BCUT2D eigenvalue weighted by Crippen LogP contribution is 2.78. The number of fused-ring (bicyclic) bond motifs is 1. The fourth-order valence-corrected chi connectivity index (χ4v) is 11.3. The van der Waals surface area contributed by atoms with Crippen molar-refractivity contribution < 1.29 is 38.4 Å². The average Bonchev–Trinajstić information content (AvgIpc) is 3.34. The molecule has 0 amide bonds. The minimum Gasteiger partial charge on any atom is -0.394 e. The molecule has 0 saturated heterocycles. The van der Waals surface area contributed by atoms with Crippen molar-refractivity contribution in [2.75, 3.05) is 19.7 Å². The van der Waals surface area contributed by atoms with Gasteiger partial charge in [-0.25, -0.2) is 0 Å². The van der Waals surface area contributed by atoms with E-state index in [-0.39, 0.29) is 35.9 Å². The van der Waals surface area contributed by atoms with Crippen LogP contribution in [0.2, 0.25) is 0 Å². The zero-order valence-electron chi connectivity index (χ0n) is 28.3. The first-order valence-electron chi connectivity index (χ1n) is 17.7. The number of benzene rings is 2. The molecule has 6 aliphatic carbocycles. The van der Waals surface area contributed by atoms with E-state index in [1.807, 2.05) is 41.3 Å². The van der Waals surface area contributed by atoms with Crippen LogP contribution >= 0.6 is 0 Å². The van der Waals surface area contributed by atoms with Gasteiger partial charge in [0.25, 0.3) is 0 Å². The number of Topliss-reactive ketones (excluding diaryl/α,β-unsaturated/α-hetero) is 1. The topological polar surface area (TPSA) is 101 Å². The summed E-state index contributed by atoms with van der Waals surface area (Å²) < 4.78 is 41.5. The summed E-state index contributed by atoms with van der Waals surface area (Å²) in [4.78, 5) is 16.7. The van der Waals surface area contributed by atoms with E-state index >= 15 is 0 Å². The van der Waals surface area contributed by atoms with Crippen LogP contribution in [0.25, 0.3) is 0 Å². The summed E-state index contributed by atoms with van der Waals surface area (Å²) in [6.45, 7) is 4.87. The summed E-state index contributed by atoms with van der Waals surface area (Å²) in [7, 11) is 0. The number of allylic oxidation sites excluding steroid dienone is 4. The Bertz CT molecular complexity index is 1660. The Morgan fingerprint density at radius 1 is 0.959 bits per heavy atom. The molecule has 0 aliphatic heterocycles. The summed E-state index contributed by atoms with van der Waals surface area (Å²) in [5.41, 5.74) is -2.90. The number of hydrogen-bond donors (Lipinski definition) is 4. The number of carbonyl (C=O) groups is 1. The van der Waals surface area contributed by atoms with Crippen LogP contribution in [0, 0.1) is 33.5 Å². The molecule has 2 aromatic carbocycles. The van der Waals surface area contributed by atoms with Gasteiger partial charge in [-0.2, -0.15) is 13.2 Å². The summed E-state index contributed by atoms with van der Waals surface area (Å²) in [6.07, 6.45) is 4.60. The third-order valence-corrected chi connectivity index (χ3v) is 13.8. The molecule has 6 aliphatic rings. The predicted molar refractivity (Wildman–Crippen MR) is 179 cm³/mol. The third-order valence-electron chi connectivity index (χ3n) is 13.8. The molecule has 4 N–H and O–H groups in total. The first-order valence-corrected chi connectivity index (χ1v) is 17.7. The van der Waals surface area contributed by atoms with Gasteiger partial charge in [0.15, 0.2) is 5.78 Å². The standard InChI is InChI=1S/C40H48F3NO5/c1-35-14-11-29(46)20-37(35)17-18-39(31(21-37)34(48)27-9-6-10-28(19-27)40(41,42)43)32(35)12-15-36(2)33(39)13-16-38(36,49)25-44(23-30(47)24-45)22-26-7-4-3-5-8-26/h3-10,17-19,21,29-30,32-33,45-47,49H,11-16,20,22-25H2,1-2H3/t29?,30-,32+,33+,35+,36-,37-,38+,39+/m0/s1. The lowest BCUT2D eigenvalue weighted by molar-refractivity contribution is -0.177. The minimum atomic E-state index is -4.59. The molecule has 49 heavy (non-hydrogen) atoms. The number of nitrogens with zero attached hydrogens (tertiary/aromatic N) is 1. The van der Waals surface area contributed by atoms with Gasteiger partial charge in [-0.15, -0.1) is 0 Å². The lowest BCUT2D eigenvalue weighted by Crippen LogP contribution is -2.67. The van der Waals surface area contributed by atoms with E-state index in [9.17, 15) is 38.4 Å². The van der Waals surface area contributed by atoms with Crippen molar-refractivity contribution in [1.29, 1.82) is 0 Å². The molecule has 6 nitrogen and oxygen atoms in total. The summed E-state index contributed by atoms with van der Waals surface area (Å²) >= 11 is 0. The van der Waals surface area contributed by atoms with E-state index in [2.05, 4.69) is 26.0 Å². The molecule has 9 atom stereocenters. The fraction of sp³-hybridized carbons (Fsp3) is 0.575. The third kappa shape index (κ3) is 5.21. The number of halogens is 3. The highest BCUT2D eigenvalue weighted by atomic mass is 19.4. The fourth-order valence-electron chi connectivity index (χ4n) is 11.3. The van der Waals surface area contributed by atoms with Crippen LogP contribution in [0.15, 0.2) is 78.4 Å². The Morgan fingerprint density at radius 3 is 2.37 bits per heavy atom. The summed E-state index contributed by atoms with van der Waals surface area (Å²) in [6, 6.07) is 14.5. The lowest BCUT2D eigenvalue weighted by atomic mass is 9.32. The van der Waals surface area contributed by atoms with Crippen LogP contribution in [-0.4, -0.2) is 68.6 Å². The van der Waals surface area contributed by atoms with Crippen molar-refractivity contribution in [2.24, 2.45) is 33.5 Å². The second-order valence-electron chi connectivity index (χ2n) is 16.2. The van der Waals surface area contributed by atoms with E-state index in [4.69, 9.17) is 0 Å². The molecular formula is C40H48F3NO5. The second-order valence-corrected chi connectivity index (χ2v) is 16.2. The number of aliphatic hydroxyl groups is 4. The van der Waals surface area contributed by atoms with Crippen LogP contribution in [0.3, 0.4) is 0 Å². The molecule has 0 heterocycles. The lowest BCUT2D eigenvalue weighted by Gasteiger charge is -2.71. The van der Waals surface area contributed by atoms with Crippen molar-refractivity contribution in [1.82, 2.24) is 4.90 Å². The molecule has 2 spiro atoms. The molecule has 2 bridgehead atoms. The zero-order chi connectivity index (χ0) is 35.0. The molecule has 264 valence electrons. The van der Waals surface area contributed by atoms with E-state index in [0.717, 1.165) is 30.5 Å². The number of alkyl halides is 3. The van der Waals surface area contributed by atoms with E-state index in [1.165, 1.54) is 12.1 Å². The van der Waals surface area contributed by atoms with Crippen molar-refractivity contribution >= 4 is 5.78 Å². The minimum absolute atomic E-state index is 0.00262. The maximum Gasteiger partial charge on any atom is 0.416 e. The van der Waals surface area contributed by atoms with Gasteiger partial charge in [-0.1, -0.05) is 74.5 Å². The maximum absolute atomic E-state index is 14.7. The number of rotatable bonds is 9. The van der Waals surface area contributed by atoms with Crippen LogP contribution in [0.5, 0.6) is 0 Å². The summed E-state index contributed by atoms with van der Waals surface area (Å²) in [5, 5.41) is 44.0. The normalized spacial score (nSPS) is 38.5. The molecule has 2 aromatic rings. The van der Waals surface area contributed by atoms with Crippen molar-refractivity contribution in [3.05, 3.63) is 95.1 Å². The van der Waals surface area contributed by atoms with Gasteiger partial charge < -0.3 is 20.4 Å². The van der Waals surface area contributed by atoms with Gasteiger partial charge >= 0.3 is 6.18 Å². The van der Waals surface area contributed by atoms with Crippen LogP contribution in [-0.2, 0) is 12.7 Å². The van der Waals surface area contributed by atoms with Crippen LogP contribution < -0.4 is 0 Å². The molecule has 0 radical (unpaired) electrons. The molecule has 9 heteroatoms. The van der Waals surface area contributed by atoms with Gasteiger partial charge in [-0.3, -0.25) is 9.69 Å². The van der Waals surface area contributed by atoms with Crippen molar-refractivity contribution in [3.63, 3.8) is 0 Å². The van der Waals surface area contributed by atoms with Crippen LogP contribution in [0.4, 0.5) is 13.2 Å².